The van der Waals surface area contributed by atoms with Crippen LogP contribution in [0.25, 0.3) is 0 Å². The Hall–Kier alpha value is -4.67. The molecule has 0 unspecified atom stereocenters. The third-order valence-corrected chi connectivity index (χ3v) is 8.95. The van der Waals surface area contributed by atoms with Gasteiger partial charge in [-0.25, -0.2) is 4.79 Å². The molecular weight excluding hydrogens is 588 g/mol. The van der Waals surface area contributed by atoms with Crippen LogP contribution in [0.1, 0.15) is 22.8 Å². The summed E-state index contributed by atoms with van der Waals surface area (Å²) in [5.41, 5.74) is 8.64. The highest BCUT2D eigenvalue weighted by Gasteiger charge is 2.54. The predicted octanol–water partition coefficient (Wildman–Crippen LogP) is 3.33. The van der Waals surface area contributed by atoms with E-state index in [0.717, 1.165) is 16.7 Å². The number of carbonyl (C=O) groups excluding carboxylic acids is 4. The molecule has 1 fully saturated rings. The number of amides is 3. The van der Waals surface area contributed by atoms with Crippen LogP contribution in [-0.4, -0.2) is 77.4 Å². The number of benzene rings is 3. The topological polar surface area (TPSA) is 119 Å². The zero-order valence-electron chi connectivity index (χ0n) is 25.3. The summed E-state index contributed by atoms with van der Waals surface area (Å²) in [7, 11) is 3.77. The molecule has 0 spiro atoms. The van der Waals surface area contributed by atoms with Crippen LogP contribution in [0.3, 0.4) is 0 Å². The maximum absolute atomic E-state index is 14.1. The fourth-order valence-corrected chi connectivity index (χ4v) is 6.80. The summed E-state index contributed by atoms with van der Waals surface area (Å²) in [5, 5.41) is 2.42. The van der Waals surface area contributed by atoms with Gasteiger partial charge in [0.15, 0.2) is 12.6 Å². The molecule has 2 heterocycles. The van der Waals surface area contributed by atoms with E-state index in [1.807, 2.05) is 117 Å². The van der Waals surface area contributed by atoms with Gasteiger partial charge in [0.2, 0.25) is 5.91 Å². The largest absolute Gasteiger partial charge is 0.448 e. The molecule has 10 heteroatoms. The van der Waals surface area contributed by atoms with E-state index in [9.17, 15) is 19.2 Å². The van der Waals surface area contributed by atoms with Crippen molar-refractivity contribution in [1.82, 2.24) is 10.2 Å². The number of fused-ring (bicyclic) bond motifs is 1. The Morgan fingerprint density at radius 2 is 1.56 bits per heavy atom. The Morgan fingerprint density at radius 3 is 2.13 bits per heavy atom. The minimum Gasteiger partial charge on any atom is -0.448 e. The number of primary amides is 1. The molecule has 3 N–H and O–H groups in total. The molecule has 1 saturated heterocycles. The van der Waals surface area contributed by atoms with E-state index in [0.29, 0.717) is 22.4 Å². The molecule has 45 heavy (non-hydrogen) atoms. The number of hydrogen-bond acceptors (Lipinski definition) is 6. The van der Waals surface area contributed by atoms with Gasteiger partial charge in [0.05, 0.1) is 27.1 Å². The third-order valence-electron chi connectivity index (χ3n) is 7.65. The lowest BCUT2D eigenvalue weighted by atomic mass is 10.00. The van der Waals surface area contributed by atoms with Crippen molar-refractivity contribution < 1.29 is 28.4 Å². The molecule has 0 aliphatic carbocycles. The summed E-state index contributed by atoms with van der Waals surface area (Å²) < 4.78 is 6.53. The number of thioether (sulfide) groups is 1. The molecule has 0 bridgehead atoms. The summed E-state index contributed by atoms with van der Waals surface area (Å²) in [5.74, 6) is -1.25. The molecule has 0 radical (unpaired) electrons. The summed E-state index contributed by atoms with van der Waals surface area (Å²) in [6, 6.07) is 27.5. The molecular formula is C35H37N4O5S+. The maximum atomic E-state index is 14.1. The summed E-state index contributed by atoms with van der Waals surface area (Å²) >= 11 is 1.48. The molecule has 3 amide bonds. The Kier molecular flexibility index (Phi) is 9.85. The monoisotopic (exact) mass is 625 g/mol. The van der Waals surface area contributed by atoms with Crippen LogP contribution in [0.15, 0.2) is 114 Å². The number of carbonyl (C=O) groups is 4. The lowest BCUT2D eigenvalue weighted by Gasteiger charge is -2.49. The zero-order chi connectivity index (χ0) is 32.0. The van der Waals surface area contributed by atoms with Crippen molar-refractivity contribution in [2.75, 3.05) is 32.9 Å². The molecule has 2 atom stereocenters. The van der Waals surface area contributed by atoms with Gasteiger partial charge < -0.3 is 20.3 Å². The van der Waals surface area contributed by atoms with Crippen molar-refractivity contribution in [3.8, 4) is 0 Å². The highest BCUT2D eigenvalue weighted by molar-refractivity contribution is 8.00. The van der Waals surface area contributed by atoms with Crippen molar-refractivity contribution in [3.63, 3.8) is 0 Å². The second-order valence-corrected chi connectivity index (χ2v) is 12.8. The van der Waals surface area contributed by atoms with E-state index >= 15 is 0 Å². The van der Waals surface area contributed by atoms with E-state index < -0.39 is 29.4 Å². The van der Waals surface area contributed by atoms with Gasteiger partial charge in [-0.05, 0) is 28.3 Å². The number of esters is 1. The highest BCUT2D eigenvalue weighted by Crippen LogP contribution is 2.42. The number of nitrogens with two attached hydrogens (primary N) is 1. The number of quaternary nitrogens is 1. The predicted molar refractivity (Wildman–Crippen MR) is 173 cm³/mol. The van der Waals surface area contributed by atoms with Gasteiger partial charge in [-0.15, -0.1) is 11.8 Å². The smallest absolute Gasteiger partial charge is 0.356 e. The van der Waals surface area contributed by atoms with Crippen LogP contribution < -0.4 is 11.1 Å². The summed E-state index contributed by atoms with van der Waals surface area (Å²) in [6.07, 6.45) is 3.14. The molecule has 3 aromatic carbocycles. The molecule has 2 aliphatic rings. The normalized spacial score (nSPS) is 18.0. The van der Waals surface area contributed by atoms with E-state index in [1.165, 1.54) is 16.7 Å². The number of β-lactam (4-membered cyclic amide) rings is 1. The number of hydrogen-bond donors (Lipinski definition) is 2. The first-order chi connectivity index (χ1) is 21.6. The van der Waals surface area contributed by atoms with Gasteiger partial charge in [0.25, 0.3) is 11.8 Å². The Bertz CT molecular complexity index is 1570. The fraction of sp³-hybridized carbons (Fsp3) is 0.257. The minimum atomic E-state index is -0.759. The molecule has 5 rings (SSSR count). The second kappa shape index (κ2) is 14.0. The summed E-state index contributed by atoms with van der Waals surface area (Å²) in [4.78, 5) is 53.5. The molecule has 3 aromatic rings. The van der Waals surface area contributed by atoms with Crippen LogP contribution in [0.2, 0.25) is 0 Å². The zero-order valence-corrected chi connectivity index (χ0v) is 26.1. The number of nitrogens with zero attached hydrogens (tertiary/aromatic N) is 2. The third kappa shape index (κ3) is 7.71. The van der Waals surface area contributed by atoms with Crippen molar-refractivity contribution in [2.45, 2.75) is 23.9 Å². The number of rotatable bonds is 12. The van der Waals surface area contributed by atoms with Gasteiger partial charge in [-0.2, -0.15) is 0 Å². The maximum Gasteiger partial charge on any atom is 0.356 e. The molecule has 0 aromatic heterocycles. The van der Waals surface area contributed by atoms with Crippen LogP contribution in [0.5, 0.6) is 0 Å². The van der Waals surface area contributed by atoms with Crippen LogP contribution >= 0.6 is 11.8 Å². The Balaban J connectivity index is 1.42. The van der Waals surface area contributed by atoms with Crippen molar-refractivity contribution in [3.05, 3.63) is 131 Å². The van der Waals surface area contributed by atoms with Gasteiger partial charge in [-0.3, -0.25) is 19.3 Å². The second-order valence-electron chi connectivity index (χ2n) is 11.7. The SMILES string of the molecule is C[N+](C)(C/C=C/C1=C(C(=O)OC(c2ccccc2)c2ccccc2)N2C(=O)[C@@H](NC(=O)Cc3ccccc3)[C@H]2SC1)CC(N)=O. The number of allylic oxidation sites excluding steroid dienone is 1. The quantitative estimate of drug-likeness (QED) is 0.181. The average molecular weight is 626 g/mol. The summed E-state index contributed by atoms with van der Waals surface area (Å²) in [6.45, 7) is 0.631. The lowest BCUT2D eigenvalue weighted by molar-refractivity contribution is -0.876. The number of ether oxygens (including phenoxy) is 1. The first-order valence-electron chi connectivity index (χ1n) is 14.7. The Labute approximate surface area is 267 Å². The van der Waals surface area contributed by atoms with E-state index in [4.69, 9.17) is 10.5 Å². The molecule has 0 saturated carbocycles. The van der Waals surface area contributed by atoms with Gasteiger partial charge >= 0.3 is 5.97 Å². The first kappa shape index (κ1) is 31.7. The van der Waals surface area contributed by atoms with Crippen LogP contribution in [0, 0.1) is 0 Å². The van der Waals surface area contributed by atoms with Crippen molar-refractivity contribution in [2.24, 2.45) is 5.73 Å². The number of nitrogens with one attached hydrogen (secondary N) is 1. The highest BCUT2D eigenvalue weighted by atomic mass is 32.2. The van der Waals surface area contributed by atoms with Gasteiger partial charge in [0, 0.05) is 5.75 Å². The van der Waals surface area contributed by atoms with Gasteiger partial charge in [0.1, 0.15) is 17.1 Å². The van der Waals surface area contributed by atoms with Crippen LogP contribution in [0.4, 0.5) is 0 Å². The van der Waals surface area contributed by atoms with E-state index in [2.05, 4.69) is 5.32 Å². The first-order valence-corrected chi connectivity index (χ1v) is 15.8. The Morgan fingerprint density at radius 1 is 0.978 bits per heavy atom. The van der Waals surface area contributed by atoms with Crippen molar-refractivity contribution >= 4 is 35.5 Å². The number of likely N-dealkylation sites (N-methyl/N-ethyl adjacent to an activating group) is 1. The molecule has 232 valence electrons. The van der Waals surface area contributed by atoms with Gasteiger partial charge in [-0.1, -0.05) is 97.1 Å². The lowest BCUT2D eigenvalue weighted by Crippen LogP contribution is -2.70. The average Bonchev–Trinajstić information content (AvgIpc) is 3.02. The van der Waals surface area contributed by atoms with Crippen LogP contribution in [-0.2, 0) is 30.3 Å². The molecule has 2 aliphatic heterocycles. The van der Waals surface area contributed by atoms with Crippen molar-refractivity contribution in [1.29, 1.82) is 0 Å². The minimum absolute atomic E-state index is 0.149. The fourth-order valence-electron chi connectivity index (χ4n) is 5.48. The standard InChI is InChI=1S/C35H36N4O5S/c1-39(2,22-28(36)40)20-12-19-27-23-45-34-30(37-29(41)21-24-13-6-3-7-14-24)33(42)38(34)31(27)35(43)44-32(25-15-8-4-9-16-25)26-17-10-5-11-18-26/h3-19,30,32,34H,20-23H2,1-2H3,(H2-,36,37,40,41)/p+1/b19-12+/t30-,34-/m1/s1. The van der Waals surface area contributed by atoms with E-state index in [-0.39, 0.29) is 30.5 Å². The van der Waals surface area contributed by atoms with E-state index in [1.54, 1.807) is 0 Å². The molecule has 9 nitrogen and oxygen atoms in total.